The molecule has 0 bridgehead atoms. The summed E-state index contributed by atoms with van der Waals surface area (Å²) in [6, 6.07) is 7.34. The van der Waals surface area contributed by atoms with Crippen molar-refractivity contribution in [3.63, 3.8) is 0 Å². The van der Waals surface area contributed by atoms with Crippen LogP contribution in [0.1, 0.15) is 49.9 Å². The number of anilines is 1. The van der Waals surface area contributed by atoms with E-state index in [9.17, 15) is 14.4 Å². The number of nitrogens with one attached hydrogen (secondary N) is 2. The molecule has 0 aromatic heterocycles. The van der Waals surface area contributed by atoms with E-state index >= 15 is 0 Å². The smallest absolute Gasteiger partial charge is 0.253 e. The molecule has 2 N–H and O–H groups in total. The lowest BCUT2D eigenvalue weighted by atomic mass is 9.96. The van der Waals surface area contributed by atoms with Gasteiger partial charge >= 0.3 is 0 Å². The third-order valence-corrected chi connectivity index (χ3v) is 4.90. The molecule has 1 heterocycles. The Morgan fingerprint density at radius 3 is 2.62 bits per heavy atom. The van der Waals surface area contributed by atoms with Crippen LogP contribution in [0.25, 0.3) is 0 Å². The van der Waals surface area contributed by atoms with Gasteiger partial charge in [-0.3, -0.25) is 14.4 Å². The monoisotopic (exact) mass is 357 g/mol. The highest BCUT2D eigenvalue weighted by atomic mass is 16.2. The highest BCUT2D eigenvalue weighted by Crippen LogP contribution is 2.23. The SMILES string of the molecule is CC(C)C(=O)Nc1cccc(C(=O)N2CCC[C@@H](C(=O)NC3CC3)C2)c1. The molecule has 1 saturated heterocycles. The van der Waals surface area contributed by atoms with Gasteiger partial charge in [-0.1, -0.05) is 19.9 Å². The predicted molar refractivity (Wildman–Crippen MR) is 99.7 cm³/mol. The second-order valence-corrected chi connectivity index (χ2v) is 7.60. The molecule has 1 aliphatic heterocycles. The third kappa shape index (κ3) is 4.62. The van der Waals surface area contributed by atoms with E-state index in [1.54, 1.807) is 29.2 Å². The molecule has 1 saturated carbocycles. The molecule has 3 rings (SSSR count). The molecule has 2 fully saturated rings. The number of amides is 3. The number of hydrogen-bond donors (Lipinski definition) is 2. The Balaban J connectivity index is 1.64. The predicted octanol–water partition coefficient (Wildman–Crippen LogP) is 2.41. The lowest BCUT2D eigenvalue weighted by Gasteiger charge is -2.32. The Kier molecular flexibility index (Phi) is 5.59. The van der Waals surface area contributed by atoms with Gasteiger partial charge < -0.3 is 15.5 Å². The van der Waals surface area contributed by atoms with E-state index in [1.807, 2.05) is 13.8 Å². The fourth-order valence-corrected chi connectivity index (χ4v) is 3.12. The van der Waals surface area contributed by atoms with Crippen LogP contribution in [0.15, 0.2) is 24.3 Å². The van der Waals surface area contributed by atoms with Gasteiger partial charge in [0.05, 0.1) is 5.92 Å². The molecule has 0 radical (unpaired) electrons. The van der Waals surface area contributed by atoms with Gasteiger partial charge in [-0.25, -0.2) is 0 Å². The van der Waals surface area contributed by atoms with Crippen molar-refractivity contribution in [2.45, 2.75) is 45.6 Å². The number of nitrogens with zero attached hydrogens (tertiary/aromatic N) is 1. The van der Waals surface area contributed by atoms with Crippen molar-refractivity contribution in [1.82, 2.24) is 10.2 Å². The normalized spacial score (nSPS) is 20.0. The first kappa shape index (κ1) is 18.4. The lowest BCUT2D eigenvalue weighted by molar-refractivity contribution is -0.126. The van der Waals surface area contributed by atoms with Crippen LogP contribution < -0.4 is 10.6 Å². The summed E-state index contributed by atoms with van der Waals surface area (Å²) in [4.78, 5) is 38.8. The van der Waals surface area contributed by atoms with Crippen LogP contribution in [-0.4, -0.2) is 41.8 Å². The first-order chi connectivity index (χ1) is 12.4. The van der Waals surface area contributed by atoms with Crippen molar-refractivity contribution >= 4 is 23.4 Å². The third-order valence-electron chi connectivity index (χ3n) is 4.90. The van der Waals surface area contributed by atoms with E-state index in [-0.39, 0.29) is 29.6 Å². The number of rotatable bonds is 5. The number of carbonyl (C=O) groups excluding carboxylic acids is 3. The number of hydrogen-bond acceptors (Lipinski definition) is 3. The van der Waals surface area contributed by atoms with Crippen molar-refractivity contribution in [3.8, 4) is 0 Å². The van der Waals surface area contributed by atoms with E-state index in [1.165, 1.54) is 0 Å². The molecule has 6 heteroatoms. The zero-order valence-electron chi connectivity index (χ0n) is 15.5. The largest absolute Gasteiger partial charge is 0.353 e. The lowest BCUT2D eigenvalue weighted by Crippen LogP contribution is -2.45. The standard InChI is InChI=1S/C20H27N3O3/c1-13(2)18(24)22-17-7-3-5-14(11-17)20(26)23-10-4-6-15(12-23)19(25)21-16-8-9-16/h3,5,7,11,13,15-16H,4,6,8-10,12H2,1-2H3,(H,21,25)(H,22,24)/t15-/m1/s1. The molecular weight excluding hydrogens is 330 g/mol. The summed E-state index contributed by atoms with van der Waals surface area (Å²) in [7, 11) is 0. The average Bonchev–Trinajstić information content (AvgIpc) is 3.45. The quantitative estimate of drug-likeness (QED) is 0.849. The van der Waals surface area contributed by atoms with Gasteiger partial charge in [0.25, 0.3) is 5.91 Å². The second kappa shape index (κ2) is 7.89. The average molecular weight is 357 g/mol. The fraction of sp³-hybridized carbons (Fsp3) is 0.550. The Morgan fingerprint density at radius 2 is 1.92 bits per heavy atom. The Hall–Kier alpha value is -2.37. The van der Waals surface area contributed by atoms with Gasteiger partial charge in [0.1, 0.15) is 0 Å². The minimum Gasteiger partial charge on any atom is -0.353 e. The van der Waals surface area contributed by atoms with Crippen LogP contribution in [0, 0.1) is 11.8 Å². The van der Waals surface area contributed by atoms with Crippen LogP contribution in [-0.2, 0) is 9.59 Å². The highest BCUT2D eigenvalue weighted by Gasteiger charge is 2.32. The molecule has 1 atom stereocenters. The van der Waals surface area contributed by atoms with E-state index in [0.717, 1.165) is 25.7 Å². The van der Waals surface area contributed by atoms with Crippen LogP contribution in [0.2, 0.25) is 0 Å². The van der Waals surface area contributed by atoms with Gasteiger partial charge in [0, 0.05) is 36.3 Å². The zero-order valence-corrected chi connectivity index (χ0v) is 15.5. The van der Waals surface area contributed by atoms with Crippen molar-refractivity contribution in [3.05, 3.63) is 29.8 Å². The molecule has 140 valence electrons. The van der Waals surface area contributed by atoms with Crippen molar-refractivity contribution < 1.29 is 14.4 Å². The highest BCUT2D eigenvalue weighted by molar-refractivity contribution is 5.97. The summed E-state index contributed by atoms with van der Waals surface area (Å²) in [6.07, 6.45) is 3.79. The summed E-state index contributed by atoms with van der Waals surface area (Å²) in [6.45, 7) is 4.77. The molecule has 1 aromatic rings. The summed E-state index contributed by atoms with van der Waals surface area (Å²) >= 11 is 0. The van der Waals surface area contributed by atoms with Crippen LogP contribution in [0.4, 0.5) is 5.69 Å². The van der Waals surface area contributed by atoms with Crippen molar-refractivity contribution in [2.75, 3.05) is 18.4 Å². The maximum absolute atomic E-state index is 12.9. The number of piperidine rings is 1. The zero-order chi connectivity index (χ0) is 18.7. The second-order valence-electron chi connectivity index (χ2n) is 7.60. The number of likely N-dealkylation sites (tertiary alicyclic amines) is 1. The first-order valence-electron chi connectivity index (χ1n) is 9.44. The van der Waals surface area contributed by atoms with E-state index < -0.39 is 0 Å². The molecular formula is C20H27N3O3. The minimum absolute atomic E-state index is 0.0722. The summed E-state index contributed by atoms with van der Waals surface area (Å²) in [5.41, 5.74) is 1.16. The van der Waals surface area contributed by atoms with Gasteiger partial charge in [0.15, 0.2) is 0 Å². The molecule has 6 nitrogen and oxygen atoms in total. The van der Waals surface area contributed by atoms with Crippen molar-refractivity contribution in [2.24, 2.45) is 11.8 Å². The Labute approximate surface area is 154 Å². The van der Waals surface area contributed by atoms with Gasteiger partial charge in [0.2, 0.25) is 11.8 Å². The molecule has 26 heavy (non-hydrogen) atoms. The summed E-state index contributed by atoms with van der Waals surface area (Å²) in [5.74, 6) is -0.346. The maximum atomic E-state index is 12.9. The molecule has 1 aliphatic carbocycles. The molecule has 3 amide bonds. The van der Waals surface area contributed by atoms with Gasteiger partial charge in [-0.15, -0.1) is 0 Å². The number of benzene rings is 1. The maximum Gasteiger partial charge on any atom is 0.253 e. The molecule has 0 spiro atoms. The van der Waals surface area contributed by atoms with Crippen LogP contribution in [0.3, 0.4) is 0 Å². The molecule has 2 aliphatic rings. The fourth-order valence-electron chi connectivity index (χ4n) is 3.12. The van der Waals surface area contributed by atoms with Crippen LogP contribution in [0.5, 0.6) is 0 Å². The van der Waals surface area contributed by atoms with E-state index in [4.69, 9.17) is 0 Å². The minimum atomic E-state index is -0.128. The molecule has 1 aromatic carbocycles. The first-order valence-corrected chi connectivity index (χ1v) is 9.44. The van der Waals surface area contributed by atoms with E-state index in [0.29, 0.717) is 30.4 Å². The van der Waals surface area contributed by atoms with Gasteiger partial charge in [-0.05, 0) is 43.9 Å². The summed E-state index contributed by atoms with van der Waals surface area (Å²) in [5, 5.41) is 5.86. The van der Waals surface area contributed by atoms with E-state index in [2.05, 4.69) is 10.6 Å². The summed E-state index contributed by atoms with van der Waals surface area (Å²) < 4.78 is 0. The van der Waals surface area contributed by atoms with Gasteiger partial charge in [-0.2, -0.15) is 0 Å². The Morgan fingerprint density at radius 1 is 1.15 bits per heavy atom. The Bertz CT molecular complexity index is 697. The number of carbonyl (C=O) groups is 3. The topological polar surface area (TPSA) is 78.5 Å². The molecule has 0 unspecified atom stereocenters. The van der Waals surface area contributed by atoms with Crippen molar-refractivity contribution in [1.29, 1.82) is 0 Å². The van der Waals surface area contributed by atoms with Crippen LogP contribution >= 0.6 is 0 Å².